The van der Waals surface area contributed by atoms with E-state index in [1.54, 1.807) is 25.2 Å². The molecule has 0 atom stereocenters. The van der Waals surface area contributed by atoms with Gasteiger partial charge in [-0.25, -0.2) is 0 Å². The van der Waals surface area contributed by atoms with Crippen molar-refractivity contribution in [1.82, 2.24) is 5.32 Å². The Morgan fingerprint density at radius 3 is 2.35 bits per heavy atom. The van der Waals surface area contributed by atoms with Crippen molar-refractivity contribution < 1.29 is 14.3 Å². The number of hydrogen-bond donors (Lipinski definition) is 1. The molecule has 2 rings (SSSR count). The summed E-state index contributed by atoms with van der Waals surface area (Å²) in [7, 11) is 1.59. The SMILES string of the molecule is CNC(=O)c1ccccc1OCCOc1ccccc1. The summed E-state index contributed by atoms with van der Waals surface area (Å²) in [5, 5.41) is 2.59. The fourth-order valence-corrected chi connectivity index (χ4v) is 1.74. The smallest absolute Gasteiger partial charge is 0.254 e. The lowest BCUT2D eigenvalue weighted by molar-refractivity contribution is 0.0958. The summed E-state index contributed by atoms with van der Waals surface area (Å²) in [5.41, 5.74) is 0.523. The third-order valence-corrected chi connectivity index (χ3v) is 2.71. The summed E-state index contributed by atoms with van der Waals surface area (Å²) in [5.74, 6) is 1.20. The Bertz CT molecular complexity index is 555. The summed E-state index contributed by atoms with van der Waals surface area (Å²) >= 11 is 0. The minimum absolute atomic E-state index is 0.162. The van der Waals surface area contributed by atoms with E-state index in [2.05, 4.69) is 5.32 Å². The first-order chi connectivity index (χ1) is 9.81. The van der Waals surface area contributed by atoms with Gasteiger partial charge < -0.3 is 14.8 Å². The first-order valence-electron chi connectivity index (χ1n) is 6.43. The molecule has 104 valence electrons. The molecule has 0 heterocycles. The van der Waals surface area contributed by atoms with Crippen molar-refractivity contribution >= 4 is 5.91 Å². The average Bonchev–Trinajstić information content (AvgIpc) is 2.52. The molecule has 0 aliphatic heterocycles. The Balaban J connectivity index is 1.87. The first-order valence-corrected chi connectivity index (χ1v) is 6.43. The molecular weight excluding hydrogens is 254 g/mol. The zero-order chi connectivity index (χ0) is 14.2. The van der Waals surface area contributed by atoms with Crippen molar-refractivity contribution in [1.29, 1.82) is 0 Å². The van der Waals surface area contributed by atoms with Gasteiger partial charge >= 0.3 is 0 Å². The van der Waals surface area contributed by atoms with Crippen LogP contribution in [0.5, 0.6) is 11.5 Å². The first kappa shape index (κ1) is 13.9. The second-order valence-corrected chi connectivity index (χ2v) is 4.09. The summed E-state index contributed by atoms with van der Waals surface area (Å²) in [6.45, 7) is 0.801. The molecule has 20 heavy (non-hydrogen) atoms. The Hall–Kier alpha value is -2.49. The number of amides is 1. The third-order valence-electron chi connectivity index (χ3n) is 2.71. The maximum absolute atomic E-state index is 11.7. The van der Waals surface area contributed by atoms with Crippen molar-refractivity contribution in [2.75, 3.05) is 20.3 Å². The molecule has 0 spiro atoms. The van der Waals surface area contributed by atoms with Crippen molar-refractivity contribution in [3.05, 3.63) is 60.2 Å². The molecule has 4 heteroatoms. The van der Waals surface area contributed by atoms with Crippen LogP contribution in [0.2, 0.25) is 0 Å². The van der Waals surface area contributed by atoms with Gasteiger partial charge in [-0.3, -0.25) is 4.79 Å². The van der Waals surface area contributed by atoms with Gasteiger partial charge in [-0.15, -0.1) is 0 Å². The molecule has 0 fully saturated rings. The van der Waals surface area contributed by atoms with Gasteiger partial charge in [-0.2, -0.15) is 0 Å². The molecule has 0 radical (unpaired) electrons. The number of benzene rings is 2. The zero-order valence-electron chi connectivity index (χ0n) is 11.3. The van der Waals surface area contributed by atoms with Crippen LogP contribution in [-0.4, -0.2) is 26.2 Å². The van der Waals surface area contributed by atoms with Gasteiger partial charge in [0.2, 0.25) is 0 Å². The minimum atomic E-state index is -0.162. The lowest BCUT2D eigenvalue weighted by atomic mass is 10.2. The van der Waals surface area contributed by atoms with E-state index in [-0.39, 0.29) is 5.91 Å². The molecule has 0 saturated heterocycles. The summed E-state index contributed by atoms with van der Waals surface area (Å²) < 4.78 is 11.1. The van der Waals surface area contributed by atoms with Gasteiger partial charge in [0.15, 0.2) is 0 Å². The van der Waals surface area contributed by atoms with Crippen molar-refractivity contribution in [2.45, 2.75) is 0 Å². The van der Waals surface area contributed by atoms with Gasteiger partial charge in [-0.1, -0.05) is 30.3 Å². The molecule has 0 aliphatic carbocycles. The van der Waals surface area contributed by atoms with E-state index < -0.39 is 0 Å². The summed E-state index contributed by atoms with van der Waals surface area (Å²) in [6, 6.07) is 16.7. The largest absolute Gasteiger partial charge is 0.490 e. The van der Waals surface area contributed by atoms with Crippen molar-refractivity contribution in [3.8, 4) is 11.5 Å². The molecule has 2 aromatic rings. The highest BCUT2D eigenvalue weighted by Gasteiger charge is 2.09. The summed E-state index contributed by atoms with van der Waals surface area (Å²) in [4.78, 5) is 11.7. The van der Waals surface area contributed by atoms with Crippen LogP contribution < -0.4 is 14.8 Å². The fraction of sp³-hybridized carbons (Fsp3) is 0.188. The molecule has 0 aliphatic rings. The predicted octanol–water partition coefficient (Wildman–Crippen LogP) is 2.50. The topological polar surface area (TPSA) is 47.6 Å². The predicted molar refractivity (Wildman–Crippen MR) is 77.3 cm³/mol. The maximum atomic E-state index is 11.7. The second kappa shape index (κ2) is 7.19. The van der Waals surface area contributed by atoms with E-state index in [4.69, 9.17) is 9.47 Å². The van der Waals surface area contributed by atoms with Crippen molar-refractivity contribution in [2.24, 2.45) is 0 Å². The normalized spacial score (nSPS) is 9.85. The Kier molecular flexibility index (Phi) is 5.00. The number of nitrogens with one attached hydrogen (secondary N) is 1. The molecule has 1 amide bonds. The molecule has 0 aromatic heterocycles. The number of para-hydroxylation sites is 2. The molecular formula is C16H17NO3. The summed E-state index contributed by atoms with van der Waals surface area (Å²) in [6.07, 6.45) is 0. The van der Waals surface area contributed by atoms with Crippen LogP contribution in [0.15, 0.2) is 54.6 Å². The highest BCUT2D eigenvalue weighted by molar-refractivity contribution is 5.96. The minimum Gasteiger partial charge on any atom is -0.490 e. The van der Waals surface area contributed by atoms with Crippen LogP contribution in [0.3, 0.4) is 0 Å². The molecule has 2 aromatic carbocycles. The molecule has 1 N–H and O–H groups in total. The van der Waals surface area contributed by atoms with Crippen LogP contribution in [0.4, 0.5) is 0 Å². The van der Waals surface area contributed by atoms with Crippen LogP contribution in [-0.2, 0) is 0 Å². The molecule has 0 saturated carbocycles. The lowest BCUT2D eigenvalue weighted by Gasteiger charge is -2.11. The van der Waals surface area contributed by atoms with E-state index in [0.29, 0.717) is 24.5 Å². The highest BCUT2D eigenvalue weighted by Crippen LogP contribution is 2.17. The number of carbonyl (C=O) groups excluding carboxylic acids is 1. The van der Waals surface area contributed by atoms with Gasteiger partial charge in [0.05, 0.1) is 5.56 Å². The van der Waals surface area contributed by atoms with E-state index in [1.807, 2.05) is 36.4 Å². The molecule has 4 nitrogen and oxygen atoms in total. The van der Waals surface area contributed by atoms with Gasteiger partial charge in [0, 0.05) is 7.05 Å². The van der Waals surface area contributed by atoms with Gasteiger partial charge in [0.1, 0.15) is 24.7 Å². The Labute approximate surface area is 118 Å². The van der Waals surface area contributed by atoms with Crippen LogP contribution in [0, 0.1) is 0 Å². The Morgan fingerprint density at radius 2 is 1.60 bits per heavy atom. The average molecular weight is 271 g/mol. The zero-order valence-corrected chi connectivity index (χ0v) is 11.3. The van der Waals surface area contributed by atoms with Crippen LogP contribution in [0.25, 0.3) is 0 Å². The molecule has 0 bridgehead atoms. The van der Waals surface area contributed by atoms with E-state index >= 15 is 0 Å². The number of rotatable bonds is 6. The quantitative estimate of drug-likeness (QED) is 0.821. The highest BCUT2D eigenvalue weighted by atomic mass is 16.5. The fourth-order valence-electron chi connectivity index (χ4n) is 1.74. The van der Waals surface area contributed by atoms with E-state index in [9.17, 15) is 4.79 Å². The van der Waals surface area contributed by atoms with Crippen LogP contribution in [0.1, 0.15) is 10.4 Å². The standard InChI is InChI=1S/C16H17NO3/c1-17-16(18)14-9-5-6-10-15(14)20-12-11-19-13-7-3-2-4-8-13/h2-10H,11-12H2,1H3,(H,17,18). The number of carbonyl (C=O) groups is 1. The molecule has 0 unspecified atom stereocenters. The number of ether oxygens (including phenoxy) is 2. The van der Waals surface area contributed by atoms with E-state index in [1.165, 1.54) is 0 Å². The number of hydrogen-bond acceptors (Lipinski definition) is 3. The third kappa shape index (κ3) is 3.75. The van der Waals surface area contributed by atoms with Crippen molar-refractivity contribution in [3.63, 3.8) is 0 Å². The second-order valence-electron chi connectivity index (χ2n) is 4.09. The monoisotopic (exact) mass is 271 g/mol. The van der Waals surface area contributed by atoms with Crippen LogP contribution >= 0.6 is 0 Å². The van der Waals surface area contributed by atoms with Gasteiger partial charge in [0.25, 0.3) is 5.91 Å². The Morgan fingerprint density at radius 1 is 0.950 bits per heavy atom. The maximum Gasteiger partial charge on any atom is 0.254 e. The van der Waals surface area contributed by atoms with Gasteiger partial charge in [-0.05, 0) is 24.3 Å². The lowest BCUT2D eigenvalue weighted by Crippen LogP contribution is -2.19. The van der Waals surface area contributed by atoms with E-state index in [0.717, 1.165) is 5.75 Å².